The molecule has 0 spiro atoms. The van der Waals surface area contributed by atoms with Crippen molar-refractivity contribution < 1.29 is 4.74 Å². The zero-order valence-corrected chi connectivity index (χ0v) is 9.77. The number of benzene rings is 1. The summed E-state index contributed by atoms with van der Waals surface area (Å²) in [5.41, 5.74) is 2.02. The maximum Gasteiger partial charge on any atom is 0.148 e. The lowest BCUT2D eigenvalue weighted by atomic mass is 10.2. The molecule has 2 rings (SSSR count). The van der Waals surface area contributed by atoms with Crippen LogP contribution in [-0.4, -0.2) is 4.98 Å². The number of para-hydroxylation sites is 1. The summed E-state index contributed by atoms with van der Waals surface area (Å²) in [6.45, 7) is 3.69. The van der Waals surface area contributed by atoms with Gasteiger partial charge in [-0.05, 0) is 26.0 Å². The monoisotopic (exact) mass is 224 g/mol. The highest BCUT2D eigenvalue weighted by Crippen LogP contribution is 2.26. The minimum absolute atomic E-state index is 0.486. The summed E-state index contributed by atoms with van der Waals surface area (Å²) in [7, 11) is 0. The van der Waals surface area contributed by atoms with Crippen molar-refractivity contribution >= 4 is 0 Å². The molecule has 0 radical (unpaired) electrons. The van der Waals surface area contributed by atoms with Crippen molar-refractivity contribution in [3.8, 4) is 17.6 Å². The molecule has 1 aromatic heterocycles. The lowest BCUT2D eigenvalue weighted by molar-refractivity contribution is 0.479. The van der Waals surface area contributed by atoms with E-state index in [0.29, 0.717) is 22.8 Å². The average molecular weight is 224 g/mol. The summed E-state index contributed by atoms with van der Waals surface area (Å²) in [5, 5.41) is 9.10. The van der Waals surface area contributed by atoms with E-state index in [-0.39, 0.29) is 0 Å². The van der Waals surface area contributed by atoms with E-state index in [9.17, 15) is 0 Å². The molecule has 0 aliphatic heterocycles. The van der Waals surface area contributed by atoms with Crippen LogP contribution in [0.25, 0.3) is 0 Å². The van der Waals surface area contributed by atoms with Crippen LogP contribution in [0.3, 0.4) is 0 Å². The number of rotatable bonds is 2. The van der Waals surface area contributed by atoms with Gasteiger partial charge in [0.05, 0.1) is 5.69 Å². The van der Waals surface area contributed by atoms with E-state index in [1.807, 2.05) is 44.2 Å². The van der Waals surface area contributed by atoms with Crippen LogP contribution >= 0.6 is 0 Å². The summed E-state index contributed by atoms with van der Waals surface area (Å²) in [4.78, 5) is 4.24. The topological polar surface area (TPSA) is 45.9 Å². The van der Waals surface area contributed by atoms with Crippen LogP contribution in [-0.2, 0) is 0 Å². The van der Waals surface area contributed by atoms with Gasteiger partial charge < -0.3 is 4.74 Å². The lowest BCUT2D eigenvalue weighted by Gasteiger charge is -2.09. The number of hydrogen-bond donors (Lipinski definition) is 0. The maximum atomic E-state index is 9.10. The van der Waals surface area contributed by atoms with Crippen LogP contribution in [0.4, 0.5) is 0 Å². The molecule has 0 N–H and O–H groups in total. The van der Waals surface area contributed by atoms with E-state index in [1.165, 1.54) is 0 Å². The van der Waals surface area contributed by atoms with Crippen molar-refractivity contribution in [2.24, 2.45) is 0 Å². The van der Waals surface area contributed by atoms with Crippen LogP contribution in [0.15, 0.2) is 36.4 Å². The van der Waals surface area contributed by atoms with Gasteiger partial charge in [-0.15, -0.1) is 0 Å². The second-order valence-electron chi connectivity index (χ2n) is 3.75. The molecule has 0 atom stereocenters. The molecule has 2 aromatic rings. The van der Waals surface area contributed by atoms with E-state index in [1.54, 1.807) is 6.07 Å². The smallest absolute Gasteiger partial charge is 0.148 e. The normalized spacial score (nSPS) is 9.71. The summed E-state index contributed by atoms with van der Waals surface area (Å²) in [6, 6.07) is 13.3. The zero-order chi connectivity index (χ0) is 12.3. The van der Waals surface area contributed by atoms with Gasteiger partial charge in [0.2, 0.25) is 0 Å². The molecule has 0 saturated heterocycles. The molecule has 3 heteroatoms. The molecule has 1 aromatic carbocycles. The molecule has 84 valence electrons. The zero-order valence-electron chi connectivity index (χ0n) is 9.77. The van der Waals surface area contributed by atoms with Crippen molar-refractivity contribution in [3.63, 3.8) is 0 Å². The van der Waals surface area contributed by atoms with Crippen LogP contribution < -0.4 is 4.74 Å². The molecular weight excluding hydrogens is 212 g/mol. The summed E-state index contributed by atoms with van der Waals surface area (Å²) in [6.07, 6.45) is 0. The molecule has 0 unspecified atom stereocenters. The number of nitriles is 1. The first-order valence-electron chi connectivity index (χ1n) is 5.32. The SMILES string of the molecule is Cc1cc(Oc2ccccc2)c(C#N)c(C)n1. The first-order chi connectivity index (χ1) is 8.20. The Morgan fingerprint density at radius 3 is 2.53 bits per heavy atom. The largest absolute Gasteiger partial charge is 0.456 e. The van der Waals surface area contributed by atoms with Crippen molar-refractivity contribution in [1.82, 2.24) is 4.98 Å². The first kappa shape index (κ1) is 11.2. The molecule has 17 heavy (non-hydrogen) atoms. The molecule has 0 aliphatic rings. The Labute approximate surface area is 100 Å². The number of hydrogen-bond acceptors (Lipinski definition) is 3. The third-order valence-corrected chi connectivity index (χ3v) is 2.38. The van der Waals surface area contributed by atoms with Crippen LogP contribution in [0.2, 0.25) is 0 Å². The third-order valence-electron chi connectivity index (χ3n) is 2.38. The van der Waals surface area contributed by atoms with E-state index in [0.717, 1.165) is 5.69 Å². The highest BCUT2D eigenvalue weighted by Gasteiger charge is 2.09. The van der Waals surface area contributed by atoms with Gasteiger partial charge in [0.1, 0.15) is 23.1 Å². The number of ether oxygens (including phenoxy) is 1. The fourth-order valence-corrected chi connectivity index (χ4v) is 1.62. The van der Waals surface area contributed by atoms with Crippen molar-refractivity contribution in [1.29, 1.82) is 5.26 Å². The average Bonchev–Trinajstić information content (AvgIpc) is 2.30. The number of aryl methyl sites for hydroxylation is 2. The minimum Gasteiger partial charge on any atom is -0.456 e. The second-order valence-corrected chi connectivity index (χ2v) is 3.75. The lowest BCUT2D eigenvalue weighted by Crippen LogP contribution is -1.96. The maximum absolute atomic E-state index is 9.10. The quantitative estimate of drug-likeness (QED) is 0.785. The predicted molar refractivity (Wildman–Crippen MR) is 64.9 cm³/mol. The highest BCUT2D eigenvalue weighted by atomic mass is 16.5. The van der Waals surface area contributed by atoms with Crippen molar-refractivity contribution in [2.45, 2.75) is 13.8 Å². The van der Waals surface area contributed by atoms with E-state index < -0.39 is 0 Å². The standard InChI is InChI=1S/C14H12N2O/c1-10-8-14(13(9-15)11(2)16-10)17-12-6-4-3-5-7-12/h3-8H,1-2H3. The predicted octanol–water partition coefficient (Wildman–Crippen LogP) is 3.36. The number of aromatic nitrogens is 1. The Balaban J connectivity index is 2.43. The van der Waals surface area contributed by atoms with Crippen LogP contribution in [0, 0.1) is 25.2 Å². The molecule has 0 fully saturated rings. The molecular formula is C14H12N2O. The Kier molecular flexibility index (Phi) is 3.06. The van der Waals surface area contributed by atoms with Crippen LogP contribution in [0.5, 0.6) is 11.5 Å². The fourth-order valence-electron chi connectivity index (χ4n) is 1.62. The molecule has 1 heterocycles. The molecule has 0 amide bonds. The van der Waals surface area contributed by atoms with Gasteiger partial charge in [0.15, 0.2) is 0 Å². The van der Waals surface area contributed by atoms with Crippen molar-refractivity contribution in [3.05, 3.63) is 53.3 Å². The van der Waals surface area contributed by atoms with Gasteiger partial charge in [-0.1, -0.05) is 18.2 Å². The Morgan fingerprint density at radius 1 is 1.18 bits per heavy atom. The van der Waals surface area contributed by atoms with Gasteiger partial charge in [0, 0.05) is 11.8 Å². The number of pyridine rings is 1. The molecule has 3 nitrogen and oxygen atoms in total. The molecule has 0 aliphatic carbocycles. The van der Waals surface area contributed by atoms with Gasteiger partial charge in [-0.2, -0.15) is 5.26 Å². The van der Waals surface area contributed by atoms with Gasteiger partial charge in [-0.25, -0.2) is 0 Å². The minimum atomic E-state index is 0.486. The van der Waals surface area contributed by atoms with E-state index >= 15 is 0 Å². The Morgan fingerprint density at radius 2 is 1.88 bits per heavy atom. The Hall–Kier alpha value is -2.34. The molecule has 0 saturated carbocycles. The van der Waals surface area contributed by atoms with Gasteiger partial charge in [-0.3, -0.25) is 4.98 Å². The Bertz CT molecular complexity index is 571. The highest BCUT2D eigenvalue weighted by molar-refractivity contribution is 5.48. The summed E-state index contributed by atoms with van der Waals surface area (Å²) < 4.78 is 5.70. The van der Waals surface area contributed by atoms with Crippen LogP contribution in [0.1, 0.15) is 17.0 Å². The van der Waals surface area contributed by atoms with Gasteiger partial charge in [0.25, 0.3) is 0 Å². The summed E-state index contributed by atoms with van der Waals surface area (Å²) in [5.74, 6) is 1.28. The first-order valence-corrected chi connectivity index (χ1v) is 5.32. The second kappa shape index (κ2) is 4.67. The number of nitrogens with zero attached hydrogens (tertiary/aromatic N) is 2. The fraction of sp³-hybridized carbons (Fsp3) is 0.143. The third kappa shape index (κ3) is 2.43. The van der Waals surface area contributed by atoms with Gasteiger partial charge >= 0.3 is 0 Å². The van der Waals surface area contributed by atoms with Crippen molar-refractivity contribution in [2.75, 3.05) is 0 Å². The van der Waals surface area contributed by atoms with E-state index in [2.05, 4.69) is 11.1 Å². The molecule has 0 bridgehead atoms. The van der Waals surface area contributed by atoms with E-state index in [4.69, 9.17) is 10.00 Å². The summed E-state index contributed by atoms with van der Waals surface area (Å²) >= 11 is 0.